The van der Waals surface area contributed by atoms with Crippen LogP contribution in [0.3, 0.4) is 0 Å². The van der Waals surface area contributed by atoms with E-state index in [1.54, 1.807) is 0 Å². The van der Waals surface area contributed by atoms with Crippen LogP contribution in [0.25, 0.3) is 0 Å². The molecule has 1 aromatic rings. The third kappa shape index (κ3) is 3.30. The van der Waals surface area contributed by atoms with Crippen molar-refractivity contribution in [3.05, 3.63) is 22.4 Å². The molecule has 3 heteroatoms. The van der Waals surface area contributed by atoms with Gasteiger partial charge in [0.1, 0.15) is 0 Å². The number of nitrogens with two attached hydrogens (primary N) is 1. The van der Waals surface area contributed by atoms with E-state index in [9.17, 15) is 0 Å². The smallest absolute Gasteiger partial charge is 0.0593 e. The minimum absolute atomic E-state index is 0.202. The maximum atomic E-state index is 6.24. The number of thiophene rings is 1. The van der Waals surface area contributed by atoms with E-state index in [4.69, 9.17) is 5.73 Å². The summed E-state index contributed by atoms with van der Waals surface area (Å²) >= 11 is 1.84. The Morgan fingerprint density at radius 3 is 2.53 bits per heavy atom. The van der Waals surface area contributed by atoms with Crippen LogP contribution < -0.4 is 5.73 Å². The summed E-state index contributed by atoms with van der Waals surface area (Å²) in [6, 6.07) is 5.75. The molecule has 1 aromatic heterocycles. The minimum atomic E-state index is 0.202. The van der Waals surface area contributed by atoms with Crippen molar-refractivity contribution < 1.29 is 0 Å². The van der Waals surface area contributed by atoms with Gasteiger partial charge in [0.2, 0.25) is 0 Å². The molecule has 0 aliphatic heterocycles. The van der Waals surface area contributed by atoms with E-state index in [-0.39, 0.29) is 6.04 Å². The zero-order valence-corrected chi connectivity index (χ0v) is 11.9. The lowest BCUT2D eigenvalue weighted by atomic mass is 10.0. The van der Waals surface area contributed by atoms with E-state index in [2.05, 4.69) is 43.2 Å². The van der Waals surface area contributed by atoms with Crippen molar-refractivity contribution in [2.75, 3.05) is 6.54 Å². The van der Waals surface area contributed by atoms with Crippen molar-refractivity contribution in [2.45, 2.75) is 51.7 Å². The Balaban J connectivity index is 2.17. The van der Waals surface area contributed by atoms with Gasteiger partial charge >= 0.3 is 0 Å². The molecule has 17 heavy (non-hydrogen) atoms. The van der Waals surface area contributed by atoms with Crippen LogP contribution in [0.2, 0.25) is 0 Å². The molecule has 1 heterocycles. The summed E-state index contributed by atoms with van der Waals surface area (Å²) in [4.78, 5) is 4.06. The molecule has 0 spiro atoms. The molecule has 2 nitrogen and oxygen atoms in total. The molecule has 0 bridgehead atoms. The molecule has 1 fully saturated rings. The van der Waals surface area contributed by atoms with Gasteiger partial charge in [0.25, 0.3) is 0 Å². The largest absolute Gasteiger partial charge is 0.326 e. The van der Waals surface area contributed by atoms with Crippen LogP contribution in [0, 0.1) is 5.92 Å². The summed E-state index contributed by atoms with van der Waals surface area (Å²) in [5, 5.41) is 2.16. The second-order valence-corrected chi connectivity index (χ2v) is 6.62. The zero-order chi connectivity index (χ0) is 12.4. The second-order valence-electron chi connectivity index (χ2n) is 5.64. The van der Waals surface area contributed by atoms with Gasteiger partial charge in [-0.05, 0) is 37.1 Å². The Morgan fingerprint density at radius 2 is 2.12 bits per heavy atom. The van der Waals surface area contributed by atoms with Crippen LogP contribution in [0.15, 0.2) is 17.5 Å². The molecule has 2 N–H and O–H groups in total. The summed E-state index contributed by atoms with van der Waals surface area (Å²) in [5.74, 6) is 0.705. The van der Waals surface area contributed by atoms with Crippen LogP contribution >= 0.6 is 11.3 Å². The molecule has 1 aliphatic carbocycles. The van der Waals surface area contributed by atoms with Gasteiger partial charge in [-0.1, -0.05) is 19.9 Å². The lowest BCUT2D eigenvalue weighted by Crippen LogP contribution is -2.42. The van der Waals surface area contributed by atoms with Crippen LogP contribution in [-0.2, 0) is 0 Å². The van der Waals surface area contributed by atoms with Crippen LogP contribution in [0.4, 0.5) is 0 Å². The quantitative estimate of drug-likeness (QED) is 0.842. The van der Waals surface area contributed by atoms with Gasteiger partial charge < -0.3 is 5.73 Å². The minimum Gasteiger partial charge on any atom is -0.326 e. The van der Waals surface area contributed by atoms with Gasteiger partial charge in [-0.2, -0.15) is 0 Å². The summed E-state index contributed by atoms with van der Waals surface area (Å²) in [5.41, 5.74) is 6.24. The average molecular weight is 252 g/mol. The van der Waals surface area contributed by atoms with Crippen molar-refractivity contribution in [1.29, 1.82) is 0 Å². The lowest BCUT2D eigenvalue weighted by molar-refractivity contribution is 0.150. The molecule has 96 valence electrons. The molecule has 2 atom stereocenters. The summed E-state index contributed by atoms with van der Waals surface area (Å²) in [6.07, 6.45) is 2.70. The highest BCUT2D eigenvalue weighted by Gasteiger charge is 2.36. The van der Waals surface area contributed by atoms with Crippen molar-refractivity contribution in [1.82, 2.24) is 4.90 Å². The molecule has 2 rings (SSSR count). The molecule has 0 amide bonds. The Bertz CT molecular complexity index is 328. The number of rotatable bonds is 6. The van der Waals surface area contributed by atoms with Crippen molar-refractivity contribution in [3.63, 3.8) is 0 Å². The summed E-state index contributed by atoms with van der Waals surface area (Å²) in [7, 11) is 0. The molecule has 1 saturated carbocycles. The molecular weight excluding hydrogens is 228 g/mol. The van der Waals surface area contributed by atoms with E-state index in [1.807, 2.05) is 11.3 Å². The van der Waals surface area contributed by atoms with E-state index in [0.29, 0.717) is 12.0 Å². The summed E-state index contributed by atoms with van der Waals surface area (Å²) in [6.45, 7) is 7.89. The molecule has 1 aliphatic rings. The monoisotopic (exact) mass is 252 g/mol. The van der Waals surface area contributed by atoms with Crippen molar-refractivity contribution in [2.24, 2.45) is 11.7 Å². The first kappa shape index (κ1) is 13.1. The highest BCUT2D eigenvalue weighted by molar-refractivity contribution is 7.10. The third-order valence-corrected chi connectivity index (χ3v) is 4.22. The Hall–Kier alpha value is -0.380. The van der Waals surface area contributed by atoms with E-state index >= 15 is 0 Å². The normalized spacial score (nSPS) is 19.9. The van der Waals surface area contributed by atoms with Crippen LogP contribution in [0.5, 0.6) is 0 Å². The van der Waals surface area contributed by atoms with Crippen LogP contribution in [0.1, 0.15) is 44.5 Å². The maximum Gasteiger partial charge on any atom is 0.0593 e. The van der Waals surface area contributed by atoms with Gasteiger partial charge in [0, 0.05) is 23.5 Å². The van der Waals surface area contributed by atoms with Crippen molar-refractivity contribution in [3.8, 4) is 0 Å². The zero-order valence-electron chi connectivity index (χ0n) is 11.1. The maximum absolute atomic E-state index is 6.24. The number of nitrogens with zero attached hydrogens (tertiary/aromatic N) is 1. The van der Waals surface area contributed by atoms with Gasteiger partial charge in [-0.15, -0.1) is 11.3 Å². The topological polar surface area (TPSA) is 29.3 Å². The summed E-state index contributed by atoms with van der Waals surface area (Å²) < 4.78 is 0. The van der Waals surface area contributed by atoms with Gasteiger partial charge in [0.05, 0.1) is 6.04 Å². The van der Waals surface area contributed by atoms with E-state index in [0.717, 1.165) is 12.6 Å². The highest BCUT2D eigenvalue weighted by atomic mass is 32.1. The fourth-order valence-corrected chi connectivity index (χ4v) is 3.46. The van der Waals surface area contributed by atoms with Gasteiger partial charge in [-0.3, -0.25) is 4.90 Å². The first-order chi connectivity index (χ1) is 8.09. The first-order valence-corrected chi connectivity index (χ1v) is 7.52. The molecular formula is C14H24N2S. The SMILES string of the molecule is CC(C)CN(C1CC1)C(c1cccs1)C(C)N. The van der Waals surface area contributed by atoms with Crippen LogP contribution in [-0.4, -0.2) is 23.5 Å². The van der Waals surface area contributed by atoms with Gasteiger partial charge in [-0.25, -0.2) is 0 Å². The molecule has 2 unspecified atom stereocenters. The van der Waals surface area contributed by atoms with Crippen molar-refractivity contribution >= 4 is 11.3 Å². The van der Waals surface area contributed by atoms with E-state index < -0.39 is 0 Å². The average Bonchev–Trinajstić information content (AvgIpc) is 2.95. The Morgan fingerprint density at radius 1 is 1.41 bits per heavy atom. The lowest BCUT2D eigenvalue weighted by Gasteiger charge is -2.35. The highest BCUT2D eigenvalue weighted by Crippen LogP contribution is 2.37. The molecule has 0 aromatic carbocycles. The number of hydrogen-bond donors (Lipinski definition) is 1. The standard InChI is InChI=1S/C14H24N2S/c1-10(2)9-16(12-6-7-12)14(11(3)15)13-5-4-8-17-13/h4-5,8,10-12,14H,6-7,9,15H2,1-3H3. The first-order valence-electron chi connectivity index (χ1n) is 6.64. The Labute approximate surface area is 109 Å². The fourth-order valence-electron chi connectivity index (χ4n) is 2.50. The predicted octanol–water partition coefficient (Wildman–Crippen LogP) is 3.26. The Kier molecular flexibility index (Phi) is 4.23. The fraction of sp³-hybridized carbons (Fsp3) is 0.714. The molecule has 0 saturated heterocycles. The number of hydrogen-bond acceptors (Lipinski definition) is 3. The molecule has 0 radical (unpaired) electrons. The second kappa shape index (κ2) is 5.51. The van der Waals surface area contributed by atoms with Gasteiger partial charge in [0.15, 0.2) is 0 Å². The third-order valence-electron chi connectivity index (χ3n) is 3.28. The predicted molar refractivity (Wildman–Crippen MR) is 75.3 cm³/mol. The van der Waals surface area contributed by atoms with E-state index in [1.165, 1.54) is 17.7 Å².